The van der Waals surface area contributed by atoms with Crippen molar-refractivity contribution in [1.82, 2.24) is 4.90 Å². The van der Waals surface area contributed by atoms with E-state index in [2.05, 4.69) is 0 Å². The molecular weight excluding hydrogens is 241 g/mol. The van der Waals surface area contributed by atoms with Crippen LogP contribution in [0.3, 0.4) is 0 Å². The van der Waals surface area contributed by atoms with Crippen molar-refractivity contribution in [2.24, 2.45) is 0 Å². The summed E-state index contributed by atoms with van der Waals surface area (Å²) in [5.41, 5.74) is 0. The van der Waals surface area contributed by atoms with E-state index in [9.17, 15) is 24.6 Å². The fraction of sp³-hybridized carbons (Fsp3) is 0.500. The summed E-state index contributed by atoms with van der Waals surface area (Å²) in [5.74, 6) is -4.40. The van der Waals surface area contributed by atoms with Gasteiger partial charge in [-0.3, -0.25) is 9.69 Å². The van der Waals surface area contributed by atoms with Gasteiger partial charge in [0, 0.05) is 13.1 Å². The number of carbonyl (C=O) groups is 3. The zero-order valence-corrected chi connectivity index (χ0v) is 7.86. The fourth-order valence-corrected chi connectivity index (χ4v) is 0.724. The molecule has 0 saturated heterocycles. The summed E-state index contributed by atoms with van der Waals surface area (Å²) in [6, 6.07) is 0. The predicted molar refractivity (Wildman–Crippen MR) is 34.1 cm³/mol. The first-order chi connectivity index (χ1) is 5.91. The monoisotopic (exact) mass is 247 g/mol. The summed E-state index contributed by atoms with van der Waals surface area (Å²) < 4.78 is 0. The quantitative estimate of drug-likeness (QED) is 0.473. The third-order valence-electron chi connectivity index (χ3n) is 1.06. The van der Waals surface area contributed by atoms with Gasteiger partial charge in [0.15, 0.2) is 0 Å². The van der Waals surface area contributed by atoms with Crippen molar-refractivity contribution in [3.8, 4) is 0 Å². The van der Waals surface area contributed by atoms with Crippen molar-refractivity contribution in [3.63, 3.8) is 0 Å². The van der Waals surface area contributed by atoms with Crippen LogP contribution in [0.25, 0.3) is 0 Å². The van der Waals surface area contributed by atoms with E-state index in [0.29, 0.717) is 4.90 Å². The van der Waals surface area contributed by atoms with Crippen LogP contribution >= 0.6 is 0 Å². The van der Waals surface area contributed by atoms with Gasteiger partial charge in [-0.05, 0) is 0 Å². The Morgan fingerprint density at radius 3 is 1.57 bits per heavy atom. The molecule has 14 heavy (non-hydrogen) atoms. The Balaban J connectivity index is 0. The van der Waals surface area contributed by atoms with Gasteiger partial charge in [0.2, 0.25) is 0 Å². The molecule has 0 aliphatic carbocycles. The summed E-state index contributed by atoms with van der Waals surface area (Å²) >= 11 is 0. The first-order valence-corrected chi connectivity index (χ1v) is 3.25. The van der Waals surface area contributed by atoms with E-state index < -0.39 is 37.5 Å². The second-order valence-corrected chi connectivity index (χ2v) is 2.28. The summed E-state index contributed by atoms with van der Waals surface area (Å²) in [6.07, 6.45) is 0. The van der Waals surface area contributed by atoms with Gasteiger partial charge >= 0.3 is 22.5 Å². The predicted octanol–water partition coefficient (Wildman–Crippen LogP) is -4.13. The van der Waals surface area contributed by atoms with Crippen molar-refractivity contribution in [2.75, 3.05) is 19.6 Å². The number of rotatable bonds is 6. The maximum absolute atomic E-state index is 10.1. The number of aliphatic carboxylic acids is 3. The topological polar surface area (TPSA) is 121 Å². The van der Waals surface area contributed by atoms with E-state index in [-0.39, 0.29) is 16.5 Å². The van der Waals surface area contributed by atoms with Crippen LogP contribution in [0.2, 0.25) is 0 Å². The van der Waals surface area contributed by atoms with Crippen LogP contribution in [0.15, 0.2) is 0 Å². The van der Waals surface area contributed by atoms with Crippen molar-refractivity contribution in [1.29, 1.82) is 0 Å². The van der Waals surface area contributed by atoms with Gasteiger partial charge in [0.1, 0.15) is 0 Å². The number of nitrogens with zero attached hydrogens (tertiary/aromatic N) is 1. The second kappa shape index (κ2) is 7.28. The van der Waals surface area contributed by atoms with Crippen molar-refractivity contribution >= 4 is 17.9 Å². The molecule has 82 valence electrons. The smallest absolute Gasteiger partial charge is 0.549 e. The van der Waals surface area contributed by atoms with Crippen molar-refractivity contribution < 1.29 is 46.2 Å². The first kappa shape index (κ1) is 15.3. The fourth-order valence-electron chi connectivity index (χ4n) is 0.724. The van der Waals surface area contributed by atoms with E-state index in [0.717, 1.165) is 0 Å². The molecule has 0 aliphatic heterocycles. The molecule has 0 spiro atoms. The summed E-state index contributed by atoms with van der Waals surface area (Å²) in [7, 11) is 0. The van der Waals surface area contributed by atoms with E-state index in [4.69, 9.17) is 5.11 Å². The number of carbonyl (C=O) groups excluding carboxylic acids is 2. The molecule has 0 atom stereocenters. The number of hydrogen-bond donors (Lipinski definition) is 1. The number of carboxylic acids is 3. The van der Waals surface area contributed by atoms with Crippen molar-refractivity contribution in [3.05, 3.63) is 0 Å². The molecule has 0 unspecified atom stereocenters. The molecule has 8 heteroatoms. The number of carboxylic acid groups (broad SMARTS) is 3. The average molecular weight is 248 g/mol. The summed E-state index contributed by atoms with van der Waals surface area (Å²) in [6.45, 7) is -2.18. The maximum atomic E-state index is 10.1. The van der Waals surface area contributed by atoms with Gasteiger partial charge in [-0.25, -0.2) is 0 Å². The molecular formula is C6H7NNiO6. The molecule has 7 nitrogen and oxygen atoms in total. The summed E-state index contributed by atoms with van der Waals surface area (Å²) in [4.78, 5) is 30.8. The van der Waals surface area contributed by atoms with Crippen LogP contribution in [0.1, 0.15) is 0 Å². The molecule has 0 radical (unpaired) electrons. The van der Waals surface area contributed by atoms with E-state index >= 15 is 0 Å². The Bertz CT molecular complexity index is 192. The third kappa shape index (κ3) is 8.96. The molecule has 1 N–H and O–H groups in total. The SMILES string of the molecule is O=C([O-])CN(CC(=O)[O-])CC(=O)O.[Ni+2]. The van der Waals surface area contributed by atoms with E-state index in [1.54, 1.807) is 0 Å². The van der Waals surface area contributed by atoms with Crippen molar-refractivity contribution in [2.45, 2.75) is 0 Å². The van der Waals surface area contributed by atoms with Crippen LogP contribution in [0.5, 0.6) is 0 Å². The van der Waals surface area contributed by atoms with Gasteiger partial charge in [-0.15, -0.1) is 0 Å². The zero-order chi connectivity index (χ0) is 10.4. The average Bonchev–Trinajstić information content (AvgIpc) is 1.80. The zero-order valence-electron chi connectivity index (χ0n) is 6.87. The van der Waals surface area contributed by atoms with Gasteiger partial charge in [0.05, 0.1) is 18.5 Å². The van der Waals surface area contributed by atoms with Crippen LogP contribution < -0.4 is 10.2 Å². The molecule has 0 fully saturated rings. The number of hydrogen-bond acceptors (Lipinski definition) is 6. The van der Waals surface area contributed by atoms with Crippen LogP contribution in [-0.4, -0.2) is 47.5 Å². The molecule has 0 bridgehead atoms. The molecule has 0 saturated carbocycles. The molecule has 0 aliphatic rings. The van der Waals surface area contributed by atoms with Gasteiger partial charge < -0.3 is 24.9 Å². The molecule has 0 heterocycles. The Hall–Kier alpha value is -1.14. The molecule has 0 aromatic carbocycles. The second-order valence-electron chi connectivity index (χ2n) is 2.28. The molecule has 0 aromatic heterocycles. The Kier molecular flexibility index (Phi) is 7.98. The summed E-state index contributed by atoms with van der Waals surface area (Å²) in [5, 5.41) is 28.3. The minimum atomic E-state index is -1.54. The minimum Gasteiger partial charge on any atom is -0.549 e. The third-order valence-corrected chi connectivity index (χ3v) is 1.06. The van der Waals surface area contributed by atoms with E-state index in [1.165, 1.54) is 0 Å². The first-order valence-electron chi connectivity index (χ1n) is 3.25. The van der Waals surface area contributed by atoms with Crippen LogP contribution in [0, 0.1) is 0 Å². The molecule has 0 amide bonds. The van der Waals surface area contributed by atoms with Crippen LogP contribution in [0.4, 0.5) is 0 Å². The van der Waals surface area contributed by atoms with Gasteiger partial charge in [-0.1, -0.05) is 0 Å². The normalized spacial score (nSPS) is 9.21. The molecule has 0 rings (SSSR count). The maximum Gasteiger partial charge on any atom is 2.00 e. The minimum absolute atomic E-state index is 0. The van der Waals surface area contributed by atoms with E-state index in [1.807, 2.05) is 0 Å². The Labute approximate surface area is 89.2 Å². The standard InChI is InChI=1S/C6H9NO6.Ni/c8-4(9)1-7(2-5(10)11)3-6(12)13;/h1-3H2,(H,8,9)(H,10,11)(H,12,13);/q;+2/p-2. The molecule has 0 aromatic rings. The van der Waals surface area contributed by atoms with Gasteiger partial charge in [0.25, 0.3) is 0 Å². The Morgan fingerprint density at radius 2 is 1.36 bits per heavy atom. The largest absolute Gasteiger partial charge is 2.00 e. The van der Waals surface area contributed by atoms with Gasteiger partial charge in [-0.2, -0.15) is 0 Å². The van der Waals surface area contributed by atoms with Crippen LogP contribution in [-0.2, 0) is 30.9 Å². The Morgan fingerprint density at radius 1 is 1.00 bits per heavy atom.